The molecule has 0 saturated carbocycles. The van der Waals surface area contributed by atoms with E-state index in [1.54, 1.807) is 14.0 Å². The van der Waals surface area contributed by atoms with E-state index in [0.29, 0.717) is 18.2 Å². The number of unbranched alkanes of at least 4 members (excludes halogenated alkanes) is 11. The van der Waals surface area contributed by atoms with Crippen molar-refractivity contribution < 1.29 is 14.3 Å². The number of nitrogens with zero attached hydrogens (tertiary/aromatic N) is 1. The third-order valence-electron chi connectivity index (χ3n) is 6.60. The maximum Gasteiger partial charge on any atom is 0.155 e. The molecule has 1 heterocycles. The molecule has 4 heteroatoms. The Labute approximate surface area is 272 Å². The maximum absolute atomic E-state index is 10.8. The van der Waals surface area contributed by atoms with Crippen molar-refractivity contribution in [3.05, 3.63) is 25.3 Å². The van der Waals surface area contributed by atoms with Crippen LogP contribution < -0.4 is 0 Å². The highest BCUT2D eigenvalue weighted by Gasteiger charge is 2.23. The molecule has 43 heavy (non-hydrogen) atoms. The smallest absolute Gasteiger partial charge is 0.155 e. The van der Waals surface area contributed by atoms with Crippen LogP contribution in [0.15, 0.2) is 25.3 Å². The Kier molecular flexibility index (Phi) is 60.1. The zero-order valence-corrected chi connectivity index (χ0v) is 31.4. The minimum absolute atomic E-state index is 0.159. The van der Waals surface area contributed by atoms with Gasteiger partial charge in [0.05, 0.1) is 6.61 Å². The number of allylic oxidation sites excluding steroid dienone is 2. The van der Waals surface area contributed by atoms with Gasteiger partial charge in [-0.2, -0.15) is 0 Å². The number of methoxy groups -OCH3 is 1. The lowest BCUT2D eigenvalue weighted by molar-refractivity contribution is -0.117. The Bertz CT molecular complexity index is 533. The van der Waals surface area contributed by atoms with Crippen LogP contribution in [0.3, 0.4) is 0 Å². The quantitative estimate of drug-likeness (QED) is 0.0736. The zero-order valence-electron chi connectivity index (χ0n) is 31.4. The third kappa shape index (κ3) is 50.7. The van der Waals surface area contributed by atoms with Crippen molar-refractivity contribution in [3.63, 3.8) is 0 Å². The van der Waals surface area contributed by atoms with Crippen molar-refractivity contribution in [1.29, 1.82) is 0 Å². The number of likely N-dealkylation sites (tertiary alicyclic amines) is 1. The summed E-state index contributed by atoms with van der Waals surface area (Å²) < 4.78 is 5.23. The highest BCUT2D eigenvalue weighted by Crippen LogP contribution is 2.18. The highest BCUT2D eigenvalue weighted by molar-refractivity contribution is 5.88. The topological polar surface area (TPSA) is 46.6 Å². The van der Waals surface area contributed by atoms with Gasteiger partial charge < -0.3 is 9.53 Å². The maximum atomic E-state index is 10.8. The van der Waals surface area contributed by atoms with E-state index >= 15 is 0 Å². The van der Waals surface area contributed by atoms with Gasteiger partial charge in [-0.25, -0.2) is 0 Å². The molecule has 1 saturated heterocycles. The molecule has 1 atom stereocenters. The summed E-state index contributed by atoms with van der Waals surface area (Å²) in [6.45, 7) is 28.6. The lowest BCUT2D eigenvalue weighted by Gasteiger charge is -2.23. The van der Waals surface area contributed by atoms with E-state index in [4.69, 9.17) is 4.74 Å². The Morgan fingerprint density at radius 1 is 0.767 bits per heavy atom. The van der Waals surface area contributed by atoms with E-state index in [1.165, 1.54) is 109 Å². The molecule has 0 N–H and O–H groups in total. The molecule has 0 aromatic rings. The van der Waals surface area contributed by atoms with Crippen molar-refractivity contribution in [2.45, 2.75) is 190 Å². The number of Topliss-reactive ketones (excluding diaryl/α,β-unsaturated/α-hetero) is 1. The normalized spacial score (nSPS) is 13.1. The fraction of sp³-hybridized carbons (Fsp3) is 0.846. The first-order valence-electron chi connectivity index (χ1n) is 18.4. The van der Waals surface area contributed by atoms with Crippen molar-refractivity contribution in [3.8, 4) is 0 Å². The highest BCUT2D eigenvalue weighted by atomic mass is 16.5. The SMILES string of the molecule is C=CC(=O)CCCC.C=CCCCCCCCCCC.CC.CC.CCC.COC[C@@H]1CCCN1CCCCCC(C)=O. The molecule has 1 aliphatic rings. The van der Waals surface area contributed by atoms with E-state index in [-0.39, 0.29) is 5.78 Å². The van der Waals surface area contributed by atoms with E-state index in [0.717, 1.165) is 32.3 Å². The van der Waals surface area contributed by atoms with Gasteiger partial charge >= 0.3 is 0 Å². The summed E-state index contributed by atoms with van der Waals surface area (Å²) in [5, 5.41) is 0. The van der Waals surface area contributed by atoms with Crippen molar-refractivity contribution in [1.82, 2.24) is 4.90 Å². The van der Waals surface area contributed by atoms with E-state index in [2.05, 4.69) is 45.8 Å². The molecular formula is C39H81NO3. The minimum atomic E-state index is 0.159. The largest absolute Gasteiger partial charge is 0.383 e. The van der Waals surface area contributed by atoms with Crippen molar-refractivity contribution in [2.24, 2.45) is 0 Å². The second kappa shape index (κ2) is 50.4. The third-order valence-corrected chi connectivity index (χ3v) is 6.60. The van der Waals surface area contributed by atoms with Crippen LogP contribution in [0, 0.1) is 0 Å². The fourth-order valence-corrected chi connectivity index (χ4v) is 4.31. The van der Waals surface area contributed by atoms with Crippen molar-refractivity contribution in [2.75, 3.05) is 26.8 Å². The molecule has 0 spiro atoms. The summed E-state index contributed by atoms with van der Waals surface area (Å²) in [5.74, 6) is 0.477. The van der Waals surface area contributed by atoms with Crippen LogP contribution in [0.2, 0.25) is 0 Å². The van der Waals surface area contributed by atoms with E-state index < -0.39 is 0 Å². The molecule has 0 aromatic heterocycles. The Hall–Kier alpha value is -1.26. The second-order valence-corrected chi connectivity index (χ2v) is 10.8. The van der Waals surface area contributed by atoms with Crippen LogP contribution in [-0.4, -0.2) is 49.3 Å². The summed E-state index contributed by atoms with van der Waals surface area (Å²) in [7, 11) is 1.78. The number of ketones is 2. The van der Waals surface area contributed by atoms with Gasteiger partial charge in [0, 0.05) is 26.0 Å². The van der Waals surface area contributed by atoms with Gasteiger partial charge in [0.25, 0.3) is 0 Å². The Morgan fingerprint density at radius 2 is 1.28 bits per heavy atom. The first-order chi connectivity index (χ1) is 20.9. The van der Waals surface area contributed by atoms with Crippen LogP contribution in [0.5, 0.6) is 0 Å². The first kappa shape index (κ1) is 51.3. The average molecular weight is 612 g/mol. The number of rotatable bonds is 21. The molecule has 4 nitrogen and oxygen atoms in total. The van der Waals surface area contributed by atoms with Gasteiger partial charge in [-0.15, -0.1) is 6.58 Å². The summed E-state index contributed by atoms with van der Waals surface area (Å²) >= 11 is 0. The molecule has 1 aliphatic heterocycles. The van der Waals surface area contributed by atoms with Gasteiger partial charge in [0.1, 0.15) is 5.78 Å². The monoisotopic (exact) mass is 612 g/mol. The van der Waals surface area contributed by atoms with Gasteiger partial charge in [-0.05, 0) is 71.0 Å². The summed E-state index contributed by atoms with van der Waals surface area (Å²) in [4.78, 5) is 23.8. The lowest BCUT2D eigenvalue weighted by Crippen LogP contribution is -2.33. The number of hydrogen-bond donors (Lipinski definition) is 0. The number of hydrogen-bond acceptors (Lipinski definition) is 4. The predicted molar refractivity (Wildman–Crippen MR) is 196 cm³/mol. The molecule has 260 valence electrons. The zero-order chi connectivity index (χ0) is 34.0. The van der Waals surface area contributed by atoms with Crippen LogP contribution in [-0.2, 0) is 14.3 Å². The Morgan fingerprint density at radius 3 is 1.74 bits per heavy atom. The molecule has 0 aliphatic carbocycles. The van der Waals surface area contributed by atoms with E-state index in [1.807, 2.05) is 33.8 Å². The lowest BCUT2D eigenvalue weighted by atomic mass is 10.1. The standard InChI is InChI=1S/C13H25NO2.C12H24.C7H12O.C3H8.2C2H6/c1-12(15)7-4-3-5-9-14-10-6-8-13(14)11-16-2;1-3-5-7-9-11-12-10-8-6-4-2;1-3-5-6-7(8)4-2;1-3-2;2*1-2/h13H,3-11H2,1-2H3;3H,1,4-12H2,2H3;4H,2-3,5-6H2,1H3;3H2,1-2H3;2*1-2H3/t13-;;;;;/m0...../s1. The van der Waals surface area contributed by atoms with Gasteiger partial charge in [-0.3, -0.25) is 9.69 Å². The van der Waals surface area contributed by atoms with Crippen LogP contribution in [0.25, 0.3) is 0 Å². The molecule has 1 fully saturated rings. The van der Waals surface area contributed by atoms with Gasteiger partial charge in [0.15, 0.2) is 5.78 Å². The molecule has 0 radical (unpaired) electrons. The molecule has 1 rings (SSSR count). The minimum Gasteiger partial charge on any atom is -0.383 e. The Balaban J connectivity index is -0.000000158. The van der Waals surface area contributed by atoms with Crippen LogP contribution >= 0.6 is 0 Å². The molecule has 0 unspecified atom stereocenters. The number of ether oxygens (including phenoxy) is 1. The molecule has 0 amide bonds. The van der Waals surface area contributed by atoms with Gasteiger partial charge in [0.2, 0.25) is 0 Å². The number of carbonyl (C=O) groups excluding carboxylic acids is 2. The second-order valence-electron chi connectivity index (χ2n) is 10.8. The van der Waals surface area contributed by atoms with E-state index in [9.17, 15) is 9.59 Å². The average Bonchev–Trinajstić information content (AvgIpc) is 3.47. The first-order valence-corrected chi connectivity index (χ1v) is 18.4. The number of carbonyl (C=O) groups is 2. The fourth-order valence-electron chi connectivity index (χ4n) is 4.31. The predicted octanol–water partition coefficient (Wildman–Crippen LogP) is 12.4. The van der Waals surface area contributed by atoms with Crippen LogP contribution in [0.4, 0.5) is 0 Å². The molecule has 0 aromatic carbocycles. The molecule has 0 bridgehead atoms. The van der Waals surface area contributed by atoms with Gasteiger partial charge in [-0.1, -0.05) is 132 Å². The van der Waals surface area contributed by atoms with Crippen LogP contribution in [0.1, 0.15) is 184 Å². The molecular weight excluding hydrogens is 530 g/mol. The summed E-state index contributed by atoms with van der Waals surface area (Å²) in [6.07, 6.45) is 26.7. The summed E-state index contributed by atoms with van der Waals surface area (Å²) in [5.41, 5.74) is 0. The van der Waals surface area contributed by atoms with Crippen molar-refractivity contribution >= 4 is 11.6 Å². The summed E-state index contributed by atoms with van der Waals surface area (Å²) in [6, 6.07) is 0.637.